The number of aromatic amines is 1. The van der Waals surface area contributed by atoms with Crippen molar-refractivity contribution in [3.8, 4) is 11.4 Å². The van der Waals surface area contributed by atoms with Gasteiger partial charge in [-0.2, -0.15) is 13.2 Å². The van der Waals surface area contributed by atoms with E-state index in [-0.39, 0.29) is 0 Å². The second-order valence-corrected chi connectivity index (χ2v) is 4.77. The fraction of sp³-hybridized carbons (Fsp3) is 0.0714. The Labute approximate surface area is 121 Å². The number of aromatic nitrogens is 5. The highest BCUT2D eigenvalue weighted by Gasteiger charge is 2.30. The number of hydrogen-bond donors (Lipinski definition) is 1. The summed E-state index contributed by atoms with van der Waals surface area (Å²) < 4.78 is 39.5. The van der Waals surface area contributed by atoms with Crippen molar-refractivity contribution in [1.29, 1.82) is 0 Å². The molecular formula is C14H8F3N5. The van der Waals surface area contributed by atoms with E-state index in [9.17, 15) is 13.2 Å². The molecule has 0 saturated carbocycles. The predicted molar refractivity (Wildman–Crippen MR) is 73.1 cm³/mol. The lowest BCUT2D eigenvalue weighted by Gasteiger charge is -2.06. The molecule has 3 heterocycles. The molecule has 110 valence electrons. The third-order valence-electron chi connectivity index (χ3n) is 3.43. The van der Waals surface area contributed by atoms with Gasteiger partial charge in [0, 0.05) is 11.8 Å². The van der Waals surface area contributed by atoms with Crippen LogP contribution in [0.4, 0.5) is 13.2 Å². The van der Waals surface area contributed by atoms with E-state index in [1.165, 1.54) is 12.1 Å². The summed E-state index contributed by atoms with van der Waals surface area (Å²) in [6.45, 7) is 0. The molecule has 0 bridgehead atoms. The molecule has 0 unspecified atom stereocenters. The van der Waals surface area contributed by atoms with Crippen molar-refractivity contribution in [1.82, 2.24) is 24.6 Å². The van der Waals surface area contributed by atoms with E-state index in [4.69, 9.17) is 0 Å². The maximum absolute atomic E-state index is 12.6. The molecule has 1 N–H and O–H groups in total. The highest BCUT2D eigenvalue weighted by molar-refractivity contribution is 5.88. The zero-order valence-electron chi connectivity index (χ0n) is 11.0. The molecule has 22 heavy (non-hydrogen) atoms. The molecule has 0 atom stereocenters. The van der Waals surface area contributed by atoms with Crippen molar-refractivity contribution in [3.63, 3.8) is 0 Å². The molecule has 0 radical (unpaired) electrons. The highest BCUT2D eigenvalue weighted by atomic mass is 19.4. The van der Waals surface area contributed by atoms with Gasteiger partial charge in [-0.3, -0.25) is 4.40 Å². The van der Waals surface area contributed by atoms with Crippen molar-refractivity contribution in [2.45, 2.75) is 6.18 Å². The Kier molecular flexibility index (Phi) is 2.50. The van der Waals surface area contributed by atoms with Gasteiger partial charge in [0.15, 0.2) is 11.5 Å². The van der Waals surface area contributed by atoms with Crippen LogP contribution >= 0.6 is 0 Å². The van der Waals surface area contributed by atoms with Crippen molar-refractivity contribution in [2.24, 2.45) is 0 Å². The summed E-state index contributed by atoms with van der Waals surface area (Å²) in [5.41, 5.74) is 1.89. The van der Waals surface area contributed by atoms with E-state index >= 15 is 0 Å². The molecule has 0 fully saturated rings. The second-order valence-electron chi connectivity index (χ2n) is 4.77. The van der Waals surface area contributed by atoms with Crippen LogP contribution in [0.5, 0.6) is 0 Å². The Morgan fingerprint density at radius 2 is 1.77 bits per heavy atom. The van der Waals surface area contributed by atoms with Gasteiger partial charge >= 0.3 is 6.18 Å². The van der Waals surface area contributed by atoms with E-state index < -0.39 is 11.7 Å². The topological polar surface area (TPSA) is 58.9 Å². The van der Waals surface area contributed by atoms with Gasteiger partial charge in [0.2, 0.25) is 0 Å². The lowest BCUT2D eigenvalue weighted by Crippen LogP contribution is -2.04. The summed E-state index contributed by atoms with van der Waals surface area (Å²) in [5, 5.41) is 8.14. The van der Waals surface area contributed by atoms with Gasteiger partial charge in [0.05, 0.1) is 11.1 Å². The molecule has 0 aliphatic heterocycles. The van der Waals surface area contributed by atoms with Gasteiger partial charge in [-0.15, -0.1) is 10.2 Å². The number of rotatable bonds is 1. The number of nitrogens with one attached hydrogen (secondary N) is 1. The minimum absolute atomic E-state index is 0.438. The van der Waals surface area contributed by atoms with Crippen LogP contribution in [0.1, 0.15) is 5.56 Å². The van der Waals surface area contributed by atoms with Crippen LogP contribution in [0.25, 0.3) is 28.1 Å². The van der Waals surface area contributed by atoms with Crippen LogP contribution in [-0.2, 0) is 6.18 Å². The summed E-state index contributed by atoms with van der Waals surface area (Å²) in [4.78, 5) is 7.28. The fourth-order valence-electron chi connectivity index (χ4n) is 2.34. The largest absolute Gasteiger partial charge is 0.416 e. The molecule has 4 rings (SSSR count). The summed E-state index contributed by atoms with van der Waals surface area (Å²) in [6.07, 6.45) is -1.06. The van der Waals surface area contributed by atoms with Gasteiger partial charge in [0.25, 0.3) is 0 Å². The van der Waals surface area contributed by atoms with E-state index in [2.05, 4.69) is 20.2 Å². The first-order valence-electron chi connectivity index (χ1n) is 6.38. The van der Waals surface area contributed by atoms with Crippen LogP contribution in [0.3, 0.4) is 0 Å². The molecule has 0 aliphatic rings. The van der Waals surface area contributed by atoms with E-state index in [1.54, 1.807) is 16.9 Å². The van der Waals surface area contributed by atoms with Crippen LogP contribution in [-0.4, -0.2) is 24.6 Å². The number of halogens is 3. The molecule has 0 aliphatic carbocycles. The Bertz CT molecular complexity index is 966. The monoisotopic (exact) mass is 303 g/mol. The first kappa shape index (κ1) is 12.8. The van der Waals surface area contributed by atoms with Crippen LogP contribution in [0.2, 0.25) is 0 Å². The summed E-state index contributed by atoms with van der Waals surface area (Å²) in [7, 11) is 0. The zero-order chi connectivity index (χ0) is 15.3. The summed E-state index contributed by atoms with van der Waals surface area (Å²) in [5.74, 6) is 0.438. The van der Waals surface area contributed by atoms with Gasteiger partial charge in [-0.25, -0.2) is 4.98 Å². The molecule has 0 amide bonds. The minimum Gasteiger partial charge on any atom is -0.357 e. The molecule has 5 nitrogen and oxygen atoms in total. The van der Waals surface area contributed by atoms with Crippen LogP contribution < -0.4 is 0 Å². The Morgan fingerprint density at radius 1 is 1.00 bits per heavy atom. The number of alkyl halides is 3. The lowest BCUT2D eigenvalue weighted by molar-refractivity contribution is -0.137. The molecule has 0 spiro atoms. The highest BCUT2D eigenvalue weighted by Crippen LogP contribution is 2.30. The first-order valence-corrected chi connectivity index (χ1v) is 6.38. The number of hydrogen-bond acceptors (Lipinski definition) is 3. The molecular weight excluding hydrogens is 295 g/mol. The average molecular weight is 303 g/mol. The van der Waals surface area contributed by atoms with Crippen molar-refractivity contribution in [2.75, 3.05) is 0 Å². The Hall–Kier alpha value is -2.90. The SMILES string of the molecule is FC(F)(F)c1ccc(-c2nnc3c4[nH]ccc4ncn23)cc1. The Morgan fingerprint density at radius 3 is 2.50 bits per heavy atom. The van der Waals surface area contributed by atoms with Gasteiger partial charge in [-0.1, -0.05) is 12.1 Å². The van der Waals surface area contributed by atoms with Crippen molar-refractivity contribution >= 4 is 16.7 Å². The van der Waals surface area contributed by atoms with Gasteiger partial charge < -0.3 is 4.98 Å². The molecule has 0 saturated heterocycles. The fourth-order valence-corrected chi connectivity index (χ4v) is 2.34. The number of fused-ring (bicyclic) bond motifs is 3. The standard InChI is InChI=1S/C14H8F3N5/c15-14(16,17)9-3-1-8(2-4-9)12-20-21-13-11-10(5-6-18-11)19-7-22(12)13/h1-7,18H. The summed E-state index contributed by atoms with van der Waals surface area (Å²) in [6, 6.07) is 6.60. The van der Waals surface area contributed by atoms with E-state index in [0.29, 0.717) is 17.0 Å². The lowest BCUT2D eigenvalue weighted by atomic mass is 10.1. The minimum atomic E-state index is -4.36. The average Bonchev–Trinajstić information content (AvgIpc) is 3.12. The van der Waals surface area contributed by atoms with Crippen molar-refractivity contribution in [3.05, 3.63) is 48.4 Å². The summed E-state index contributed by atoms with van der Waals surface area (Å²) >= 11 is 0. The maximum atomic E-state index is 12.6. The van der Waals surface area contributed by atoms with Gasteiger partial charge in [0.1, 0.15) is 11.8 Å². The molecule has 8 heteroatoms. The second kappa shape index (κ2) is 4.30. The number of benzene rings is 1. The molecule has 4 aromatic rings. The first-order chi connectivity index (χ1) is 10.5. The molecule has 1 aromatic carbocycles. The number of nitrogens with zero attached hydrogens (tertiary/aromatic N) is 4. The van der Waals surface area contributed by atoms with Crippen LogP contribution in [0.15, 0.2) is 42.9 Å². The van der Waals surface area contributed by atoms with E-state index in [0.717, 1.165) is 23.2 Å². The van der Waals surface area contributed by atoms with Gasteiger partial charge in [-0.05, 0) is 18.2 Å². The smallest absolute Gasteiger partial charge is 0.357 e. The molecule has 3 aromatic heterocycles. The zero-order valence-corrected chi connectivity index (χ0v) is 11.0. The Balaban J connectivity index is 1.87. The maximum Gasteiger partial charge on any atom is 0.416 e. The van der Waals surface area contributed by atoms with Crippen LogP contribution in [0, 0.1) is 0 Å². The van der Waals surface area contributed by atoms with E-state index in [1.807, 2.05) is 6.07 Å². The quantitative estimate of drug-likeness (QED) is 0.587. The number of H-pyrrole nitrogens is 1. The third kappa shape index (κ3) is 1.84. The van der Waals surface area contributed by atoms with Crippen molar-refractivity contribution < 1.29 is 13.2 Å². The normalized spacial score (nSPS) is 12.3. The third-order valence-corrected chi connectivity index (χ3v) is 3.43. The predicted octanol–water partition coefficient (Wildman–Crippen LogP) is 3.29.